The topological polar surface area (TPSA) is 60.1 Å². The van der Waals surface area contributed by atoms with Crippen LogP contribution in [0.1, 0.15) is 33.1 Å². The Labute approximate surface area is 157 Å². The minimum Gasteiger partial charge on any atom is -0.451 e. The maximum absolute atomic E-state index is 12.4. The minimum absolute atomic E-state index is 0.252. The van der Waals surface area contributed by atoms with Gasteiger partial charge in [0.2, 0.25) is 0 Å². The number of furan rings is 1. The van der Waals surface area contributed by atoms with Gasteiger partial charge in [-0.3, -0.25) is 9.48 Å². The first-order valence-electron chi connectivity index (χ1n) is 8.89. The summed E-state index contributed by atoms with van der Waals surface area (Å²) in [6.07, 6.45) is 0.823. The molecule has 0 bridgehead atoms. The van der Waals surface area contributed by atoms with Gasteiger partial charge in [-0.1, -0.05) is 30.3 Å². The van der Waals surface area contributed by atoms with Gasteiger partial charge in [0.1, 0.15) is 5.58 Å². The van der Waals surface area contributed by atoms with Gasteiger partial charge in [-0.25, -0.2) is 0 Å². The maximum Gasteiger partial charge on any atom is 0.291 e. The molecular weight excluding hydrogens is 338 g/mol. The fourth-order valence-corrected chi connectivity index (χ4v) is 3.27. The van der Waals surface area contributed by atoms with Crippen LogP contribution in [0.2, 0.25) is 0 Å². The first-order valence-corrected chi connectivity index (χ1v) is 8.89. The van der Waals surface area contributed by atoms with Crippen molar-refractivity contribution in [3.05, 3.63) is 82.9 Å². The SMILES string of the molecule is Cc1nn(C)c(C)c1Cc1ccc(NC(=O)c2cc3ccccc3o2)cc1. The van der Waals surface area contributed by atoms with Crippen molar-refractivity contribution in [3.8, 4) is 0 Å². The second-order valence-electron chi connectivity index (χ2n) is 6.75. The lowest BCUT2D eigenvalue weighted by atomic mass is 10.0. The Balaban J connectivity index is 1.48. The number of hydrogen-bond acceptors (Lipinski definition) is 3. The molecule has 0 fully saturated rings. The molecule has 136 valence electrons. The highest BCUT2D eigenvalue weighted by Gasteiger charge is 2.13. The zero-order valence-electron chi connectivity index (χ0n) is 15.6. The Morgan fingerprint density at radius 3 is 2.52 bits per heavy atom. The van der Waals surface area contributed by atoms with Gasteiger partial charge in [0, 0.05) is 35.8 Å². The molecule has 0 aliphatic carbocycles. The number of carbonyl (C=O) groups is 1. The highest BCUT2D eigenvalue weighted by molar-refractivity contribution is 6.04. The molecule has 0 atom stereocenters. The summed E-state index contributed by atoms with van der Waals surface area (Å²) in [5.41, 5.74) is 6.10. The van der Waals surface area contributed by atoms with Crippen molar-refractivity contribution < 1.29 is 9.21 Å². The second kappa shape index (κ2) is 6.76. The van der Waals surface area contributed by atoms with Crippen molar-refractivity contribution in [1.82, 2.24) is 9.78 Å². The van der Waals surface area contributed by atoms with E-state index in [-0.39, 0.29) is 5.91 Å². The third-order valence-corrected chi connectivity index (χ3v) is 4.90. The van der Waals surface area contributed by atoms with E-state index in [1.54, 1.807) is 6.07 Å². The summed E-state index contributed by atoms with van der Waals surface area (Å²) in [5.74, 6) is 0.0554. The fraction of sp³-hybridized carbons (Fsp3) is 0.182. The second-order valence-corrected chi connectivity index (χ2v) is 6.75. The Bertz CT molecular complexity index is 1090. The standard InChI is InChI=1S/C22H21N3O2/c1-14-19(15(2)25(3)24-14)12-16-8-10-18(11-9-16)23-22(26)21-13-17-6-4-5-7-20(17)27-21/h4-11,13H,12H2,1-3H3,(H,23,26). The molecule has 5 heteroatoms. The number of hydrogen-bond donors (Lipinski definition) is 1. The average molecular weight is 359 g/mol. The predicted octanol–water partition coefficient (Wildman–Crippen LogP) is 4.63. The van der Waals surface area contributed by atoms with Gasteiger partial charge in [0.25, 0.3) is 5.91 Å². The summed E-state index contributed by atoms with van der Waals surface area (Å²) < 4.78 is 7.52. The van der Waals surface area contributed by atoms with Crippen LogP contribution in [0.25, 0.3) is 11.0 Å². The van der Waals surface area contributed by atoms with Gasteiger partial charge in [0.15, 0.2) is 5.76 Å². The molecule has 4 rings (SSSR count). The molecule has 0 aliphatic heterocycles. The van der Waals surface area contributed by atoms with Gasteiger partial charge in [0.05, 0.1) is 5.69 Å². The molecule has 0 unspecified atom stereocenters. The lowest BCUT2D eigenvalue weighted by molar-refractivity contribution is 0.0998. The van der Waals surface area contributed by atoms with Crippen LogP contribution in [0.5, 0.6) is 0 Å². The summed E-state index contributed by atoms with van der Waals surface area (Å²) >= 11 is 0. The highest BCUT2D eigenvalue weighted by atomic mass is 16.3. The van der Waals surface area contributed by atoms with E-state index in [2.05, 4.69) is 17.3 Å². The van der Waals surface area contributed by atoms with Crippen molar-refractivity contribution in [3.63, 3.8) is 0 Å². The Hall–Kier alpha value is -3.34. The van der Waals surface area contributed by atoms with Crippen LogP contribution in [0, 0.1) is 13.8 Å². The number of carbonyl (C=O) groups excluding carboxylic acids is 1. The van der Waals surface area contributed by atoms with Crippen LogP contribution in [0.4, 0.5) is 5.69 Å². The zero-order chi connectivity index (χ0) is 19.0. The minimum atomic E-state index is -0.252. The lowest BCUT2D eigenvalue weighted by Crippen LogP contribution is -2.10. The number of benzene rings is 2. The van der Waals surface area contributed by atoms with Gasteiger partial charge in [-0.2, -0.15) is 5.10 Å². The molecule has 5 nitrogen and oxygen atoms in total. The fourth-order valence-electron chi connectivity index (χ4n) is 3.27. The number of nitrogens with one attached hydrogen (secondary N) is 1. The molecule has 1 amide bonds. The van der Waals surface area contributed by atoms with E-state index in [0.29, 0.717) is 11.3 Å². The third-order valence-electron chi connectivity index (χ3n) is 4.90. The number of fused-ring (bicyclic) bond motifs is 1. The molecule has 0 radical (unpaired) electrons. The molecular formula is C22H21N3O2. The Morgan fingerprint density at radius 1 is 1.11 bits per heavy atom. The van der Waals surface area contributed by atoms with Crippen LogP contribution < -0.4 is 5.32 Å². The number of nitrogens with zero attached hydrogens (tertiary/aromatic N) is 2. The smallest absolute Gasteiger partial charge is 0.291 e. The van der Waals surface area contributed by atoms with E-state index < -0.39 is 0 Å². The maximum atomic E-state index is 12.4. The van der Waals surface area contributed by atoms with Gasteiger partial charge >= 0.3 is 0 Å². The number of aryl methyl sites for hydroxylation is 2. The largest absolute Gasteiger partial charge is 0.451 e. The number of amides is 1. The lowest BCUT2D eigenvalue weighted by Gasteiger charge is -2.06. The first kappa shape index (κ1) is 17.1. The molecule has 1 N–H and O–H groups in total. The van der Waals surface area contributed by atoms with Crippen LogP contribution in [-0.2, 0) is 13.5 Å². The molecule has 0 aliphatic rings. The van der Waals surface area contributed by atoms with E-state index in [9.17, 15) is 4.79 Å². The van der Waals surface area contributed by atoms with E-state index >= 15 is 0 Å². The Kier molecular flexibility index (Phi) is 4.28. The van der Waals surface area contributed by atoms with Gasteiger partial charge in [-0.15, -0.1) is 0 Å². The third kappa shape index (κ3) is 3.36. The molecule has 0 spiro atoms. The zero-order valence-corrected chi connectivity index (χ0v) is 15.6. The number of rotatable bonds is 4. The van der Waals surface area contributed by atoms with Crippen molar-refractivity contribution in [1.29, 1.82) is 0 Å². The normalized spacial score (nSPS) is 11.1. The monoisotopic (exact) mass is 359 g/mol. The summed E-state index contributed by atoms with van der Waals surface area (Å²) in [5, 5.41) is 8.27. The van der Waals surface area contributed by atoms with E-state index in [4.69, 9.17) is 4.42 Å². The van der Waals surface area contributed by atoms with Crippen LogP contribution >= 0.6 is 0 Å². The predicted molar refractivity (Wildman–Crippen MR) is 106 cm³/mol. The quantitative estimate of drug-likeness (QED) is 0.578. The van der Waals surface area contributed by atoms with Gasteiger partial charge in [-0.05, 0) is 43.7 Å². The van der Waals surface area contributed by atoms with Gasteiger partial charge < -0.3 is 9.73 Å². The molecule has 27 heavy (non-hydrogen) atoms. The van der Waals surface area contributed by atoms with Crippen LogP contribution in [0.15, 0.2) is 59.0 Å². The summed E-state index contributed by atoms with van der Waals surface area (Å²) in [6.45, 7) is 4.11. The average Bonchev–Trinajstić information content (AvgIpc) is 3.20. The molecule has 4 aromatic rings. The summed E-state index contributed by atoms with van der Waals surface area (Å²) in [7, 11) is 1.96. The van der Waals surface area contributed by atoms with Crippen molar-refractivity contribution in [2.24, 2.45) is 7.05 Å². The summed E-state index contributed by atoms with van der Waals surface area (Å²) in [4.78, 5) is 12.4. The van der Waals surface area contributed by atoms with Crippen molar-refractivity contribution >= 4 is 22.6 Å². The Morgan fingerprint density at radius 2 is 1.85 bits per heavy atom. The van der Waals surface area contributed by atoms with E-state index in [1.165, 1.54) is 16.8 Å². The first-order chi connectivity index (χ1) is 13.0. The molecule has 0 saturated heterocycles. The van der Waals surface area contributed by atoms with Crippen molar-refractivity contribution in [2.45, 2.75) is 20.3 Å². The molecule has 0 saturated carbocycles. The van der Waals surface area contributed by atoms with Crippen molar-refractivity contribution in [2.75, 3.05) is 5.32 Å². The van der Waals surface area contributed by atoms with Crippen LogP contribution in [-0.4, -0.2) is 15.7 Å². The van der Waals surface area contributed by atoms with E-state index in [1.807, 2.05) is 67.2 Å². The molecule has 2 heterocycles. The van der Waals surface area contributed by atoms with E-state index in [0.717, 1.165) is 23.2 Å². The number of aromatic nitrogens is 2. The number of para-hydroxylation sites is 1. The number of anilines is 1. The summed E-state index contributed by atoms with van der Waals surface area (Å²) in [6, 6.07) is 17.2. The highest BCUT2D eigenvalue weighted by Crippen LogP contribution is 2.21. The molecule has 2 aromatic carbocycles. The van der Waals surface area contributed by atoms with Crippen LogP contribution in [0.3, 0.4) is 0 Å². The molecule has 2 aromatic heterocycles.